The van der Waals surface area contributed by atoms with Gasteiger partial charge in [-0.15, -0.1) is 0 Å². The van der Waals surface area contributed by atoms with Gasteiger partial charge in [0, 0.05) is 36.1 Å². The molecule has 3 aromatic carbocycles. The Morgan fingerprint density at radius 2 is 1.83 bits per heavy atom. The zero-order valence-corrected chi connectivity index (χ0v) is 20.5. The molecule has 0 N–H and O–H groups in total. The van der Waals surface area contributed by atoms with Gasteiger partial charge in [-0.3, -0.25) is 9.59 Å². The third-order valence-electron chi connectivity index (χ3n) is 6.21. The van der Waals surface area contributed by atoms with Gasteiger partial charge in [0.2, 0.25) is 0 Å². The highest BCUT2D eigenvalue weighted by Crippen LogP contribution is 2.31. The standard InChI is InChI=1S/C27H23ClN4O3/c1-16-8-7-9-17(14-16)30(2)26(33)24-23-19-10-5-6-11-21(19)31(3)25(23)27(34)32(29-24)18-12-13-22(35-4)20(28)15-18/h5-15H,1-4H3. The number of nitrogens with zero attached hydrogens (tertiary/aromatic N) is 4. The maximum atomic E-state index is 13.9. The van der Waals surface area contributed by atoms with Crippen molar-refractivity contribution in [1.82, 2.24) is 14.3 Å². The summed E-state index contributed by atoms with van der Waals surface area (Å²) in [5.74, 6) is 0.148. The van der Waals surface area contributed by atoms with Crippen molar-refractivity contribution in [2.45, 2.75) is 6.92 Å². The second kappa shape index (κ2) is 8.60. The number of halogens is 1. The summed E-state index contributed by atoms with van der Waals surface area (Å²) in [7, 11) is 5.04. The molecule has 0 saturated heterocycles. The average Bonchev–Trinajstić information content (AvgIpc) is 3.16. The number of aromatic nitrogens is 3. The molecule has 2 aromatic heterocycles. The van der Waals surface area contributed by atoms with E-state index in [-0.39, 0.29) is 17.2 Å². The fourth-order valence-corrected chi connectivity index (χ4v) is 4.66. The number of methoxy groups -OCH3 is 1. The molecule has 0 aliphatic carbocycles. The lowest BCUT2D eigenvalue weighted by atomic mass is 10.1. The number of aryl methyl sites for hydroxylation is 2. The maximum absolute atomic E-state index is 13.9. The van der Waals surface area contributed by atoms with Gasteiger partial charge in [-0.25, -0.2) is 0 Å². The molecule has 1 amide bonds. The number of amides is 1. The van der Waals surface area contributed by atoms with Crippen molar-refractivity contribution in [3.63, 3.8) is 0 Å². The Bertz CT molecular complexity index is 1690. The molecule has 0 fully saturated rings. The minimum Gasteiger partial charge on any atom is -0.495 e. The lowest BCUT2D eigenvalue weighted by molar-refractivity contribution is 0.0988. The Kier molecular flexibility index (Phi) is 5.57. The number of hydrogen-bond acceptors (Lipinski definition) is 4. The van der Waals surface area contributed by atoms with Crippen LogP contribution in [0, 0.1) is 6.92 Å². The predicted octanol–water partition coefficient (Wildman–Crippen LogP) is 5.12. The highest BCUT2D eigenvalue weighted by molar-refractivity contribution is 6.32. The van der Waals surface area contributed by atoms with Crippen molar-refractivity contribution in [3.8, 4) is 11.4 Å². The van der Waals surface area contributed by atoms with Crippen LogP contribution >= 0.6 is 11.6 Å². The first-order chi connectivity index (χ1) is 16.8. The van der Waals surface area contributed by atoms with Gasteiger partial charge in [0.05, 0.1) is 17.8 Å². The van der Waals surface area contributed by atoms with E-state index >= 15 is 0 Å². The van der Waals surface area contributed by atoms with Gasteiger partial charge in [-0.1, -0.05) is 41.9 Å². The largest absolute Gasteiger partial charge is 0.495 e. The van der Waals surface area contributed by atoms with Crippen molar-refractivity contribution in [3.05, 3.63) is 93.4 Å². The minimum atomic E-state index is -0.352. The van der Waals surface area contributed by atoms with Gasteiger partial charge in [0.1, 0.15) is 11.3 Å². The molecule has 0 saturated carbocycles. The van der Waals surface area contributed by atoms with E-state index in [1.807, 2.05) is 62.5 Å². The number of carbonyl (C=O) groups is 1. The van der Waals surface area contributed by atoms with Gasteiger partial charge >= 0.3 is 0 Å². The molecule has 0 atom stereocenters. The van der Waals surface area contributed by atoms with Gasteiger partial charge < -0.3 is 14.2 Å². The Morgan fingerprint density at radius 3 is 2.54 bits per heavy atom. The summed E-state index contributed by atoms with van der Waals surface area (Å²) >= 11 is 6.34. The molecule has 5 rings (SSSR count). The third kappa shape index (κ3) is 3.65. The van der Waals surface area contributed by atoms with Crippen molar-refractivity contribution < 1.29 is 9.53 Å². The average molecular weight is 487 g/mol. The van der Waals surface area contributed by atoms with E-state index in [0.717, 1.165) is 22.2 Å². The molecule has 0 aliphatic rings. The van der Waals surface area contributed by atoms with E-state index in [9.17, 15) is 9.59 Å². The molecular formula is C27H23ClN4O3. The normalized spacial score (nSPS) is 11.2. The molecule has 5 aromatic rings. The number of hydrogen-bond donors (Lipinski definition) is 0. The number of ether oxygens (including phenoxy) is 1. The summed E-state index contributed by atoms with van der Waals surface area (Å²) in [6.07, 6.45) is 0. The number of fused-ring (bicyclic) bond motifs is 3. The fraction of sp³-hybridized carbons (Fsp3) is 0.148. The van der Waals surface area contributed by atoms with Crippen molar-refractivity contribution >= 4 is 45.0 Å². The van der Waals surface area contributed by atoms with E-state index in [0.29, 0.717) is 27.4 Å². The Hall–Kier alpha value is -4.10. The van der Waals surface area contributed by atoms with Crippen LogP contribution in [-0.4, -0.2) is 34.4 Å². The molecule has 0 bridgehead atoms. The quantitative estimate of drug-likeness (QED) is 0.353. The second-order valence-electron chi connectivity index (χ2n) is 8.39. The monoisotopic (exact) mass is 486 g/mol. The smallest absolute Gasteiger partial charge is 0.296 e. The van der Waals surface area contributed by atoms with Crippen LogP contribution in [0.4, 0.5) is 5.69 Å². The van der Waals surface area contributed by atoms with E-state index < -0.39 is 0 Å². The molecule has 35 heavy (non-hydrogen) atoms. The van der Waals surface area contributed by atoms with E-state index in [2.05, 4.69) is 5.10 Å². The Labute approximate surface area is 206 Å². The first-order valence-corrected chi connectivity index (χ1v) is 11.4. The second-order valence-corrected chi connectivity index (χ2v) is 8.79. The first-order valence-electron chi connectivity index (χ1n) is 11.0. The van der Waals surface area contributed by atoms with Crippen molar-refractivity contribution in [2.24, 2.45) is 7.05 Å². The number of benzene rings is 3. The zero-order chi connectivity index (χ0) is 24.9. The fourth-order valence-electron chi connectivity index (χ4n) is 4.40. The molecule has 0 spiro atoms. The Morgan fingerprint density at radius 1 is 1.06 bits per heavy atom. The van der Waals surface area contributed by atoms with E-state index in [1.54, 1.807) is 34.7 Å². The van der Waals surface area contributed by atoms with Gasteiger partial charge in [0.15, 0.2) is 5.69 Å². The topological polar surface area (TPSA) is 69.4 Å². The molecule has 0 aliphatic heterocycles. The van der Waals surface area contributed by atoms with Gasteiger partial charge in [0.25, 0.3) is 11.5 Å². The first kappa shape index (κ1) is 22.7. The van der Waals surface area contributed by atoms with Crippen LogP contribution in [0.3, 0.4) is 0 Å². The third-order valence-corrected chi connectivity index (χ3v) is 6.51. The van der Waals surface area contributed by atoms with Crippen molar-refractivity contribution in [2.75, 3.05) is 19.1 Å². The van der Waals surface area contributed by atoms with E-state index in [1.165, 1.54) is 11.8 Å². The lowest BCUT2D eigenvalue weighted by Crippen LogP contribution is -2.32. The molecule has 0 radical (unpaired) electrons. The summed E-state index contributed by atoms with van der Waals surface area (Å²) in [5.41, 5.74) is 3.23. The van der Waals surface area contributed by atoms with Crippen molar-refractivity contribution in [1.29, 1.82) is 0 Å². The molecule has 0 unspecified atom stereocenters. The number of anilines is 1. The lowest BCUT2D eigenvalue weighted by Gasteiger charge is -2.19. The number of rotatable bonds is 4. The molecule has 7 nitrogen and oxygen atoms in total. The molecule has 8 heteroatoms. The van der Waals surface area contributed by atoms with Gasteiger partial charge in [-0.2, -0.15) is 9.78 Å². The number of para-hydroxylation sites is 1. The highest BCUT2D eigenvalue weighted by atomic mass is 35.5. The Balaban J connectivity index is 1.83. The molecule has 176 valence electrons. The molecule has 2 heterocycles. The summed E-state index contributed by atoms with van der Waals surface area (Å²) in [4.78, 5) is 29.2. The van der Waals surface area contributed by atoms with Crippen LogP contribution in [0.2, 0.25) is 5.02 Å². The summed E-state index contributed by atoms with van der Waals surface area (Å²) < 4.78 is 8.27. The highest BCUT2D eigenvalue weighted by Gasteiger charge is 2.26. The van der Waals surface area contributed by atoms with Crippen LogP contribution in [0.15, 0.2) is 71.5 Å². The summed E-state index contributed by atoms with van der Waals surface area (Å²) in [6.45, 7) is 1.97. The SMILES string of the molecule is COc1ccc(-n2nc(C(=O)N(C)c3cccc(C)c3)c3c4ccccc4n(C)c3c2=O)cc1Cl. The molecular weight excluding hydrogens is 464 g/mol. The maximum Gasteiger partial charge on any atom is 0.296 e. The van der Waals surface area contributed by atoms with Crippen LogP contribution in [-0.2, 0) is 7.05 Å². The van der Waals surface area contributed by atoms with Crippen LogP contribution in [0.1, 0.15) is 16.1 Å². The van der Waals surface area contributed by atoms with E-state index in [4.69, 9.17) is 16.3 Å². The summed E-state index contributed by atoms with van der Waals surface area (Å²) in [6, 6.07) is 20.2. The predicted molar refractivity (Wildman–Crippen MR) is 139 cm³/mol. The van der Waals surface area contributed by atoms with Crippen LogP contribution in [0.5, 0.6) is 5.75 Å². The minimum absolute atomic E-state index is 0.173. The van der Waals surface area contributed by atoms with Crippen LogP contribution in [0.25, 0.3) is 27.5 Å². The van der Waals surface area contributed by atoms with Gasteiger partial charge in [-0.05, 0) is 48.9 Å². The zero-order valence-electron chi connectivity index (χ0n) is 19.7. The van der Waals surface area contributed by atoms with Crippen LogP contribution < -0.4 is 15.2 Å². The number of carbonyl (C=O) groups excluding carboxylic acids is 1. The summed E-state index contributed by atoms with van der Waals surface area (Å²) in [5, 5.41) is 6.24.